The van der Waals surface area contributed by atoms with Gasteiger partial charge < -0.3 is 15.1 Å². The van der Waals surface area contributed by atoms with Crippen molar-refractivity contribution < 1.29 is 4.79 Å². The third kappa shape index (κ3) is 4.89. The summed E-state index contributed by atoms with van der Waals surface area (Å²) in [5.74, 6) is 1.55. The first-order chi connectivity index (χ1) is 12.7. The van der Waals surface area contributed by atoms with E-state index in [2.05, 4.69) is 20.3 Å². The normalized spacial score (nSPS) is 13.5. The van der Waals surface area contributed by atoms with Gasteiger partial charge in [0, 0.05) is 31.7 Å². The van der Waals surface area contributed by atoms with Crippen LogP contribution in [0.3, 0.4) is 0 Å². The van der Waals surface area contributed by atoms with Crippen molar-refractivity contribution in [3.05, 3.63) is 48.1 Å². The van der Waals surface area contributed by atoms with Gasteiger partial charge in [0.25, 0.3) is 0 Å². The number of pyridine rings is 2. The fourth-order valence-corrected chi connectivity index (χ4v) is 3.34. The highest BCUT2D eigenvalue weighted by Crippen LogP contribution is 2.23. The number of aromatic nitrogens is 3. The Morgan fingerprint density at radius 2 is 1.93 bits per heavy atom. The molecule has 1 aliphatic rings. The van der Waals surface area contributed by atoms with E-state index in [9.17, 15) is 4.79 Å². The molecule has 1 aliphatic heterocycles. The standard InChI is InChI=1S/C18H18N6OS.2ClH/c1-23-8-9-24(12-17(23)25)13-5-6-15(20-11-13)22-16-4-2-3-14(21-16)18-19-7-10-26-18;;/h2-7,10-11H,8-9,12H2,1H3,(H,20,21,22);2*1H. The average Bonchev–Trinajstić information content (AvgIpc) is 3.20. The molecule has 0 aliphatic carbocycles. The van der Waals surface area contributed by atoms with Crippen molar-refractivity contribution in [2.24, 2.45) is 0 Å². The molecule has 4 heterocycles. The summed E-state index contributed by atoms with van der Waals surface area (Å²) in [6.07, 6.45) is 3.55. The highest BCUT2D eigenvalue weighted by molar-refractivity contribution is 7.13. The van der Waals surface area contributed by atoms with Crippen LogP contribution in [0.1, 0.15) is 0 Å². The molecule has 1 N–H and O–H groups in total. The monoisotopic (exact) mass is 438 g/mol. The van der Waals surface area contributed by atoms with Crippen molar-refractivity contribution in [3.63, 3.8) is 0 Å². The van der Waals surface area contributed by atoms with Crippen molar-refractivity contribution in [1.82, 2.24) is 19.9 Å². The quantitative estimate of drug-likeness (QED) is 0.671. The van der Waals surface area contributed by atoms with Gasteiger partial charge in [-0.05, 0) is 24.3 Å². The molecule has 4 rings (SSSR count). The van der Waals surface area contributed by atoms with E-state index in [0.29, 0.717) is 18.2 Å². The van der Waals surface area contributed by atoms with Crippen LogP contribution in [0.15, 0.2) is 48.1 Å². The number of hydrogen-bond donors (Lipinski definition) is 1. The number of rotatable bonds is 4. The van der Waals surface area contributed by atoms with Crippen molar-refractivity contribution in [2.75, 3.05) is 36.9 Å². The highest BCUT2D eigenvalue weighted by atomic mass is 35.5. The molecule has 0 saturated carbocycles. The Balaban J connectivity index is 0.00000140. The Labute approximate surface area is 179 Å². The third-order valence-corrected chi connectivity index (χ3v) is 5.02. The molecule has 0 radical (unpaired) electrons. The molecule has 28 heavy (non-hydrogen) atoms. The number of piperazine rings is 1. The van der Waals surface area contributed by atoms with Gasteiger partial charge in [-0.15, -0.1) is 36.2 Å². The van der Waals surface area contributed by atoms with Gasteiger partial charge in [-0.25, -0.2) is 15.0 Å². The minimum Gasteiger partial charge on any atom is -0.359 e. The minimum atomic E-state index is 0. The zero-order chi connectivity index (χ0) is 17.9. The molecule has 0 spiro atoms. The summed E-state index contributed by atoms with van der Waals surface area (Å²) in [6, 6.07) is 9.64. The number of carbonyl (C=O) groups is 1. The van der Waals surface area contributed by atoms with Gasteiger partial charge in [0.15, 0.2) is 0 Å². The zero-order valence-electron chi connectivity index (χ0n) is 15.1. The Morgan fingerprint density at radius 1 is 1.07 bits per heavy atom. The first kappa shape index (κ1) is 21.9. The first-order valence-electron chi connectivity index (χ1n) is 8.28. The molecule has 0 bridgehead atoms. The van der Waals surface area contributed by atoms with E-state index in [1.807, 2.05) is 47.7 Å². The number of hydrogen-bond acceptors (Lipinski definition) is 7. The smallest absolute Gasteiger partial charge is 0.241 e. The molecular weight excluding hydrogens is 419 g/mol. The molecule has 0 atom stereocenters. The fraction of sp³-hybridized carbons (Fsp3) is 0.222. The summed E-state index contributed by atoms with van der Waals surface area (Å²) in [5.41, 5.74) is 1.78. The van der Waals surface area contributed by atoms with Crippen LogP contribution in [0.25, 0.3) is 10.7 Å². The number of nitrogens with one attached hydrogen (secondary N) is 1. The molecule has 1 amide bonds. The molecule has 10 heteroatoms. The van der Waals surface area contributed by atoms with Crippen LogP contribution in [0.4, 0.5) is 17.3 Å². The number of amides is 1. The van der Waals surface area contributed by atoms with Gasteiger partial charge in [0.2, 0.25) is 5.91 Å². The van der Waals surface area contributed by atoms with Gasteiger partial charge in [0.1, 0.15) is 22.3 Å². The lowest BCUT2D eigenvalue weighted by Crippen LogP contribution is -2.48. The largest absolute Gasteiger partial charge is 0.359 e. The first-order valence-corrected chi connectivity index (χ1v) is 9.16. The van der Waals surface area contributed by atoms with Crippen molar-refractivity contribution in [3.8, 4) is 10.7 Å². The van der Waals surface area contributed by atoms with E-state index in [1.54, 1.807) is 28.6 Å². The van der Waals surface area contributed by atoms with Crippen LogP contribution in [0.5, 0.6) is 0 Å². The summed E-state index contributed by atoms with van der Waals surface area (Å²) in [4.78, 5) is 29.0. The molecule has 3 aromatic rings. The molecule has 0 aromatic carbocycles. The molecule has 148 valence electrons. The predicted molar refractivity (Wildman–Crippen MR) is 117 cm³/mol. The highest BCUT2D eigenvalue weighted by Gasteiger charge is 2.21. The minimum absolute atomic E-state index is 0. The molecule has 1 fully saturated rings. The number of carbonyl (C=O) groups excluding carboxylic acids is 1. The van der Waals surface area contributed by atoms with Gasteiger partial charge >= 0.3 is 0 Å². The summed E-state index contributed by atoms with van der Waals surface area (Å²) in [6.45, 7) is 1.93. The van der Waals surface area contributed by atoms with Crippen LogP contribution < -0.4 is 10.2 Å². The third-order valence-electron chi connectivity index (χ3n) is 4.23. The summed E-state index contributed by atoms with van der Waals surface area (Å²) < 4.78 is 0. The van der Waals surface area contributed by atoms with Crippen LogP contribution in [0.2, 0.25) is 0 Å². The Morgan fingerprint density at radius 3 is 2.61 bits per heavy atom. The lowest BCUT2D eigenvalue weighted by Gasteiger charge is -2.33. The summed E-state index contributed by atoms with van der Waals surface area (Å²) >= 11 is 1.56. The second kappa shape index (κ2) is 9.68. The molecule has 0 unspecified atom stereocenters. The fourth-order valence-electron chi connectivity index (χ4n) is 2.73. The average molecular weight is 439 g/mol. The maximum Gasteiger partial charge on any atom is 0.241 e. The van der Waals surface area contributed by atoms with Crippen LogP contribution in [-0.2, 0) is 4.79 Å². The second-order valence-corrected chi connectivity index (χ2v) is 6.90. The van der Waals surface area contributed by atoms with E-state index < -0.39 is 0 Å². The van der Waals surface area contributed by atoms with Gasteiger partial charge in [-0.2, -0.15) is 0 Å². The predicted octanol–water partition coefficient (Wildman–Crippen LogP) is 3.47. The number of likely N-dealkylation sites (N-methyl/N-ethyl adjacent to an activating group) is 1. The lowest BCUT2D eigenvalue weighted by molar-refractivity contribution is -0.129. The van der Waals surface area contributed by atoms with E-state index in [1.165, 1.54) is 0 Å². The van der Waals surface area contributed by atoms with Crippen LogP contribution in [-0.4, -0.2) is 52.4 Å². The number of halogens is 2. The Hall–Kier alpha value is -2.42. The number of anilines is 3. The van der Waals surface area contributed by atoms with E-state index in [-0.39, 0.29) is 30.7 Å². The maximum atomic E-state index is 11.9. The summed E-state index contributed by atoms with van der Waals surface area (Å²) in [5, 5.41) is 6.03. The second-order valence-electron chi connectivity index (χ2n) is 6.01. The summed E-state index contributed by atoms with van der Waals surface area (Å²) in [7, 11) is 1.83. The van der Waals surface area contributed by atoms with Gasteiger partial charge in [0.05, 0.1) is 18.4 Å². The number of nitrogens with zero attached hydrogens (tertiary/aromatic N) is 5. The van der Waals surface area contributed by atoms with Crippen LogP contribution >= 0.6 is 36.2 Å². The van der Waals surface area contributed by atoms with Gasteiger partial charge in [-0.1, -0.05) is 6.07 Å². The van der Waals surface area contributed by atoms with E-state index in [0.717, 1.165) is 29.5 Å². The topological polar surface area (TPSA) is 74.2 Å². The number of thiazole rings is 1. The Bertz CT molecular complexity index is 907. The van der Waals surface area contributed by atoms with E-state index in [4.69, 9.17) is 0 Å². The molecular formula is C18H20Cl2N6OS. The Kier molecular flexibility index (Phi) is 7.56. The van der Waals surface area contributed by atoms with Crippen LogP contribution in [0, 0.1) is 0 Å². The van der Waals surface area contributed by atoms with Crippen molar-refractivity contribution in [2.45, 2.75) is 0 Å². The van der Waals surface area contributed by atoms with E-state index >= 15 is 0 Å². The van der Waals surface area contributed by atoms with Crippen molar-refractivity contribution in [1.29, 1.82) is 0 Å². The lowest BCUT2D eigenvalue weighted by atomic mass is 10.2. The molecule has 3 aromatic heterocycles. The van der Waals surface area contributed by atoms with Gasteiger partial charge in [-0.3, -0.25) is 4.79 Å². The molecule has 1 saturated heterocycles. The maximum absolute atomic E-state index is 11.9. The van der Waals surface area contributed by atoms with Crippen molar-refractivity contribution >= 4 is 59.4 Å². The SMILES string of the molecule is CN1CCN(c2ccc(Nc3cccc(-c4nccs4)n3)nc2)CC1=O.Cl.Cl. The molecule has 7 nitrogen and oxygen atoms in total. The zero-order valence-corrected chi connectivity index (χ0v) is 17.6.